The Kier molecular flexibility index (Phi) is 14.2. The zero-order valence-electron chi connectivity index (χ0n) is 51.2. The third-order valence-electron chi connectivity index (χ3n) is 19.3. The van der Waals surface area contributed by atoms with Crippen LogP contribution in [0.5, 0.6) is 23.0 Å². The smallest absolute Gasteiger partial charge is 0.148 e. The molecule has 0 saturated carbocycles. The number of ether oxygens (including phenoxy) is 4. The molecule has 0 bridgehead atoms. The highest BCUT2D eigenvalue weighted by atomic mass is 16.5. The van der Waals surface area contributed by atoms with E-state index in [0.717, 1.165) is 93.2 Å². The highest BCUT2D eigenvalue weighted by Gasteiger charge is 2.39. The Labute approximate surface area is 544 Å². The summed E-state index contributed by atoms with van der Waals surface area (Å²) in [6, 6.07) is 90.1. The van der Waals surface area contributed by atoms with Crippen LogP contribution < -0.4 is 18.9 Å². The average Bonchev–Trinajstić information content (AvgIpc) is 1.74. The lowest BCUT2D eigenvalue weighted by atomic mass is 9.64. The summed E-state index contributed by atoms with van der Waals surface area (Å²) >= 11 is 0. The maximum absolute atomic E-state index is 5.84. The van der Waals surface area contributed by atoms with E-state index in [1.807, 2.05) is 24.3 Å². The fourth-order valence-corrected chi connectivity index (χ4v) is 15.0. The van der Waals surface area contributed by atoms with Crippen molar-refractivity contribution in [2.45, 2.75) is 31.1 Å². The highest BCUT2D eigenvalue weighted by molar-refractivity contribution is 5.86. The SMILES string of the molecule is C#CCOc1ccc2c(c1)Cc1cc(-c3ccc(C(c4ccc(-c5ccc6c(c5)Cc5cc(OCC#C)ccc5-6)cc4)(c4ccc(-c5ccc6c(c5)Cc5cc(OCC#C)ccc5-6)cc4)c4ccc(-c5ccc6c(c5)Cc5cc(OCC#C)ccc5-6)cc4)cc3)ccc1-2. The summed E-state index contributed by atoms with van der Waals surface area (Å²) in [5.41, 5.74) is 33.2. The minimum Gasteiger partial charge on any atom is -0.481 e. The minimum absolute atomic E-state index is 0.240. The Morgan fingerprint density at radius 3 is 0.613 bits per heavy atom. The molecule has 12 aromatic rings. The van der Waals surface area contributed by atoms with Gasteiger partial charge in [0.15, 0.2) is 0 Å². The van der Waals surface area contributed by atoms with Gasteiger partial charge in [-0.3, -0.25) is 0 Å². The lowest BCUT2D eigenvalue weighted by Gasteiger charge is -2.37. The Hall–Kier alpha value is -11.9. The van der Waals surface area contributed by atoms with Crippen molar-refractivity contribution in [1.29, 1.82) is 0 Å². The number of fused-ring (bicyclic) bond motifs is 12. The van der Waals surface area contributed by atoms with E-state index in [1.54, 1.807) is 0 Å². The van der Waals surface area contributed by atoms with Crippen LogP contribution in [0.1, 0.15) is 66.8 Å². The van der Waals surface area contributed by atoms with Crippen LogP contribution in [0.15, 0.2) is 243 Å². The quantitative estimate of drug-likeness (QED) is 0.0714. The highest BCUT2D eigenvalue weighted by Crippen LogP contribution is 2.50. The molecule has 12 aromatic carbocycles. The monoisotopic (exact) mass is 1190 g/mol. The first kappa shape index (κ1) is 56.3. The van der Waals surface area contributed by atoms with Crippen molar-refractivity contribution in [1.82, 2.24) is 0 Å². The van der Waals surface area contributed by atoms with Gasteiger partial charge in [0.25, 0.3) is 0 Å². The summed E-state index contributed by atoms with van der Waals surface area (Å²) in [6.07, 6.45) is 25.5. The van der Waals surface area contributed by atoms with Gasteiger partial charge in [0, 0.05) is 0 Å². The second-order valence-corrected chi connectivity index (χ2v) is 24.5. The van der Waals surface area contributed by atoms with Crippen LogP contribution >= 0.6 is 0 Å². The van der Waals surface area contributed by atoms with Gasteiger partial charge in [-0.05, 0) is 230 Å². The van der Waals surface area contributed by atoms with Gasteiger partial charge in [0.05, 0.1) is 5.41 Å². The van der Waals surface area contributed by atoms with Crippen molar-refractivity contribution in [3.63, 3.8) is 0 Å². The fraction of sp³-hybridized carbons (Fsp3) is 0.101. The zero-order chi connectivity index (χ0) is 62.6. The lowest BCUT2D eigenvalue weighted by molar-refractivity contribution is 0.370. The summed E-state index contributed by atoms with van der Waals surface area (Å²) < 4.78 is 23.3. The molecule has 4 aliphatic rings. The molecular formula is C89H60O4. The maximum atomic E-state index is 5.84. The van der Waals surface area contributed by atoms with Crippen LogP contribution in [-0.2, 0) is 31.1 Å². The minimum atomic E-state index is -0.788. The topological polar surface area (TPSA) is 36.9 Å². The molecule has 0 saturated heterocycles. The summed E-state index contributed by atoms with van der Waals surface area (Å²) in [5, 5.41) is 0. The standard InChI is InChI=1S/C89H60O4/c1-5-41-90-77-29-37-85-69(53-77)49-65-45-61(17-33-81(65)85)57-9-21-73(22-10-57)89(74-23-11-58(12-24-74)62-18-34-82-66(46-62)50-70-54-78(91-42-6-2)30-38-86(70)82,75-25-13-59(14-26-75)63-19-35-83-67(47-63)51-71-55-79(92-43-7-3)31-39-87(71)83)76-27-15-60(16-28-76)64-20-36-84-68(48-64)52-72-56-80(93-44-8-4)32-40-88(72)84/h1-4,9-40,45-48,53-56H,41-44,49-52H2. The van der Waals surface area contributed by atoms with E-state index >= 15 is 0 Å². The van der Waals surface area contributed by atoms with E-state index in [-0.39, 0.29) is 26.4 Å². The van der Waals surface area contributed by atoms with Gasteiger partial charge in [0.1, 0.15) is 49.4 Å². The molecule has 4 nitrogen and oxygen atoms in total. The van der Waals surface area contributed by atoms with Crippen LogP contribution in [0.4, 0.5) is 0 Å². The Balaban J connectivity index is 0.803. The van der Waals surface area contributed by atoms with Crippen LogP contribution in [0.3, 0.4) is 0 Å². The number of hydrogen-bond acceptors (Lipinski definition) is 4. The lowest BCUT2D eigenvalue weighted by Crippen LogP contribution is -2.31. The molecule has 0 aromatic heterocycles. The summed E-state index contributed by atoms with van der Waals surface area (Å²) in [4.78, 5) is 0. The van der Waals surface area contributed by atoms with Crippen LogP contribution in [-0.4, -0.2) is 26.4 Å². The third-order valence-corrected chi connectivity index (χ3v) is 19.3. The number of rotatable bonds is 16. The van der Waals surface area contributed by atoms with E-state index in [9.17, 15) is 0 Å². The van der Waals surface area contributed by atoms with E-state index in [0.29, 0.717) is 0 Å². The van der Waals surface area contributed by atoms with Crippen LogP contribution in [0.2, 0.25) is 0 Å². The molecule has 0 fully saturated rings. The fourth-order valence-electron chi connectivity index (χ4n) is 15.0. The number of terminal acetylenes is 4. The van der Waals surface area contributed by atoms with Gasteiger partial charge in [-0.25, -0.2) is 0 Å². The van der Waals surface area contributed by atoms with E-state index < -0.39 is 5.41 Å². The molecule has 0 aliphatic heterocycles. The first-order valence-corrected chi connectivity index (χ1v) is 31.6. The maximum Gasteiger partial charge on any atom is 0.148 e. The van der Waals surface area contributed by atoms with Gasteiger partial charge < -0.3 is 18.9 Å². The number of benzene rings is 12. The molecule has 0 amide bonds. The Morgan fingerprint density at radius 2 is 0.409 bits per heavy atom. The second kappa shape index (κ2) is 23.5. The first-order valence-electron chi connectivity index (χ1n) is 31.6. The normalized spacial score (nSPS) is 12.3. The third kappa shape index (κ3) is 10.1. The molecular weight excluding hydrogens is 1130 g/mol. The van der Waals surface area contributed by atoms with Gasteiger partial charge >= 0.3 is 0 Å². The molecule has 93 heavy (non-hydrogen) atoms. The molecule has 0 spiro atoms. The molecule has 16 rings (SSSR count). The second-order valence-electron chi connectivity index (χ2n) is 24.5. The Morgan fingerprint density at radius 1 is 0.226 bits per heavy atom. The van der Waals surface area contributed by atoms with Crippen molar-refractivity contribution >= 4 is 0 Å². The van der Waals surface area contributed by atoms with Gasteiger partial charge in [-0.1, -0.05) is 218 Å². The van der Waals surface area contributed by atoms with Gasteiger partial charge in [-0.2, -0.15) is 0 Å². The molecule has 0 heterocycles. The van der Waals surface area contributed by atoms with Crippen molar-refractivity contribution in [3.8, 4) is 161 Å². The molecule has 440 valence electrons. The molecule has 4 aliphatic carbocycles. The molecule has 4 heteroatoms. The summed E-state index contributed by atoms with van der Waals surface area (Å²) in [5.74, 6) is 13.6. The van der Waals surface area contributed by atoms with E-state index in [4.69, 9.17) is 44.6 Å². The van der Waals surface area contributed by atoms with E-state index in [2.05, 4.69) is 242 Å². The Bertz CT molecular complexity index is 4510. The van der Waals surface area contributed by atoms with Crippen molar-refractivity contribution in [2.75, 3.05) is 26.4 Å². The largest absolute Gasteiger partial charge is 0.481 e. The summed E-state index contributed by atoms with van der Waals surface area (Å²) in [6.45, 7) is 0.962. The van der Waals surface area contributed by atoms with Crippen LogP contribution in [0.25, 0.3) is 89.0 Å². The molecule has 0 atom stereocenters. The van der Waals surface area contributed by atoms with Crippen molar-refractivity contribution in [3.05, 3.63) is 309 Å². The zero-order valence-corrected chi connectivity index (χ0v) is 51.2. The van der Waals surface area contributed by atoms with E-state index in [1.165, 1.54) is 111 Å². The van der Waals surface area contributed by atoms with Gasteiger partial charge in [0.2, 0.25) is 0 Å². The first-order chi connectivity index (χ1) is 45.8. The van der Waals surface area contributed by atoms with Crippen molar-refractivity contribution in [2.24, 2.45) is 0 Å². The predicted molar refractivity (Wildman–Crippen MR) is 377 cm³/mol. The summed E-state index contributed by atoms with van der Waals surface area (Å²) in [7, 11) is 0. The average molecular weight is 1190 g/mol. The van der Waals surface area contributed by atoms with Crippen LogP contribution in [0, 0.1) is 49.4 Å². The van der Waals surface area contributed by atoms with Crippen molar-refractivity contribution < 1.29 is 18.9 Å². The van der Waals surface area contributed by atoms with Gasteiger partial charge in [-0.15, -0.1) is 25.7 Å². The number of hydrogen-bond donors (Lipinski definition) is 0. The molecule has 0 radical (unpaired) electrons. The molecule has 0 N–H and O–H groups in total. The predicted octanol–water partition coefficient (Wildman–Crippen LogP) is 19.1. The molecule has 0 unspecified atom stereocenters.